The Balaban J connectivity index is 1.32. The molecule has 2 heterocycles. The lowest BCUT2D eigenvalue weighted by atomic mass is 10.2. The molecule has 0 atom stereocenters. The van der Waals surface area contributed by atoms with Crippen molar-refractivity contribution in [3.8, 4) is 22.9 Å². The van der Waals surface area contributed by atoms with Crippen LogP contribution in [-0.4, -0.2) is 28.4 Å². The molecule has 0 unspecified atom stereocenters. The number of hydrazone groups is 1. The van der Waals surface area contributed by atoms with Crippen LogP contribution in [0.25, 0.3) is 5.69 Å². The number of aryl methyl sites for hydroxylation is 2. The molecule has 36 heavy (non-hydrogen) atoms. The van der Waals surface area contributed by atoms with Crippen molar-refractivity contribution in [1.82, 2.24) is 9.99 Å². The van der Waals surface area contributed by atoms with Crippen LogP contribution in [0.2, 0.25) is 5.02 Å². The predicted octanol–water partition coefficient (Wildman–Crippen LogP) is 5.79. The van der Waals surface area contributed by atoms with Gasteiger partial charge >= 0.3 is 5.91 Å². The van der Waals surface area contributed by atoms with Crippen LogP contribution in [0.15, 0.2) is 70.2 Å². The van der Waals surface area contributed by atoms with E-state index in [2.05, 4.69) is 41.1 Å². The maximum Gasteiger partial charge on any atom is 0.307 e. The number of furan rings is 1. The van der Waals surface area contributed by atoms with Crippen molar-refractivity contribution in [2.45, 2.75) is 27.4 Å². The Labute approximate surface area is 213 Å². The van der Waals surface area contributed by atoms with E-state index in [1.165, 1.54) is 12.3 Å². The molecule has 4 rings (SSSR count). The summed E-state index contributed by atoms with van der Waals surface area (Å²) in [6.07, 6.45) is 1.39. The monoisotopic (exact) mass is 507 g/mol. The SMILES string of the molecule is CCOc1cc(/C=N/NC(=O)c2ccc(COc3ccc(-n4c(C)ccc4C)cc3)o2)cc(Cl)c1O. The number of nitrogens with one attached hydrogen (secondary N) is 1. The minimum absolute atomic E-state index is 0.0957. The Hall–Kier alpha value is -4.17. The molecule has 0 saturated heterocycles. The fourth-order valence-corrected chi connectivity index (χ4v) is 3.87. The van der Waals surface area contributed by atoms with Gasteiger partial charge < -0.3 is 23.6 Å². The van der Waals surface area contributed by atoms with Crippen LogP contribution in [-0.2, 0) is 6.61 Å². The van der Waals surface area contributed by atoms with Gasteiger partial charge in [0.1, 0.15) is 18.1 Å². The number of halogens is 1. The van der Waals surface area contributed by atoms with E-state index in [4.69, 9.17) is 25.5 Å². The number of phenols is 1. The molecule has 0 radical (unpaired) electrons. The molecular weight excluding hydrogens is 482 g/mol. The van der Waals surface area contributed by atoms with E-state index in [9.17, 15) is 9.90 Å². The minimum atomic E-state index is -0.519. The lowest BCUT2D eigenvalue weighted by Gasteiger charge is -2.10. The normalized spacial score (nSPS) is 11.1. The summed E-state index contributed by atoms with van der Waals surface area (Å²) in [6, 6.07) is 18.2. The second-order valence-corrected chi connectivity index (χ2v) is 8.39. The number of ether oxygens (including phenoxy) is 2. The summed E-state index contributed by atoms with van der Waals surface area (Å²) in [5.74, 6) is 0.849. The summed E-state index contributed by atoms with van der Waals surface area (Å²) >= 11 is 6.01. The second-order valence-electron chi connectivity index (χ2n) is 7.98. The number of aromatic hydroxyl groups is 1. The van der Waals surface area contributed by atoms with Gasteiger partial charge in [-0.3, -0.25) is 4.79 Å². The third kappa shape index (κ3) is 5.72. The first-order chi connectivity index (χ1) is 17.4. The number of rotatable bonds is 9. The number of carbonyl (C=O) groups excluding carboxylic acids is 1. The molecule has 2 aromatic carbocycles. The molecule has 186 valence electrons. The van der Waals surface area contributed by atoms with E-state index in [1.54, 1.807) is 25.1 Å². The van der Waals surface area contributed by atoms with E-state index in [1.807, 2.05) is 24.3 Å². The van der Waals surface area contributed by atoms with Gasteiger partial charge in [-0.05, 0) is 87.0 Å². The van der Waals surface area contributed by atoms with Gasteiger partial charge in [-0.2, -0.15) is 5.10 Å². The number of carbonyl (C=O) groups is 1. The molecule has 2 aromatic heterocycles. The highest BCUT2D eigenvalue weighted by molar-refractivity contribution is 6.32. The molecule has 4 aromatic rings. The maximum absolute atomic E-state index is 12.4. The van der Waals surface area contributed by atoms with Gasteiger partial charge in [0.15, 0.2) is 17.3 Å². The quantitative estimate of drug-likeness (QED) is 0.221. The Bertz CT molecular complexity index is 1370. The van der Waals surface area contributed by atoms with Gasteiger partial charge in [-0.1, -0.05) is 11.6 Å². The number of aromatic nitrogens is 1. The van der Waals surface area contributed by atoms with E-state index in [0.29, 0.717) is 23.7 Å². The smallest absolute Gasteiger partial charge is 0.307 e. The van der Waals surface area contributed by atoms with Gasteiger partial charge in [-0.25, -0.2) is 5.43 Å². The topological polar surface area (TPSA) is 98.2 Å². The molecule has 0 aliphatic carbocycles. The Kier molecular flexibility index (Phi) is 7.65. The van der Waals surface area contributed by atoms with Crippen molar-refractivity contribution in [3.63, 3.8) is 0 Å². The highest BCUT2D eigenvalue weighted by atomic mass is 35.5. The maximum atomic E-state index is 12.4. The molecule has 8 nitrogen and oxygen atoms in total. The highest BCUT2D eigenvalue weighted by Gasteiger charge is 2.12. The van der Waals surface area contributed by atoms with Crippen molar-refractivity contribution in [2.24, 2.45) is 5.10 Å². The zero-order valence-corrected chi connectivity index (χ0v) is 20.9. The van der Waals surface area contributed by atoms with Crippen LogP contribution in [0.1, 0.15) is 40.2 Å². The summed E-state index contributed by atoms with van der Waals surface area (Å²) in [5, 5.41) is 14.0. The molecule has 0 saturated carbocycles. The summed E-state index contributed by atoms with van der Waals surface area (Å²) in [4.78, 5) is 12.4. The molecule has 0 bridgehead atoms. The second kappa shape index (κ2) is 11.0. The van der Waals surface area contributed by atoms with Crippen LogP contribution in [0.4, 0.5) is 0 Å². The van der Waals surface area contributed by atoms with Crippen molar-refractivity contribution in [3.05, 3.63) is 94.2 Å². The molecule has 2 N–H and O–H groups in total. The molecule has 0 aliphatic heterocycles. The van der Waals surface area contributed by atoms with Crippen molar-refractivity contribution in [1.29, 1.82) is 0 Å². The Morgan fingerprint density at radius 1 is 1.08 bits per heavy atom. The van der Waals surface area contributed by atoms with Crippen molar-refractivity contribution < 1.29 is 23.8 Å². The zero-order chi connectivity index (χ0) is 25.7. The van der Waals surface area contributed by atoms with Gasteiger partial charge in [0, 0.05) is 17.1 Å². The first kappa shape index (κ1) is 24.9. The third-order valence-corrected chi connectivity index (χ3v) is 5.65. The first-order valence-corrected chi connectivity index (χ1v) is 11.7. The Morgan fingerprint density at radius 2 is 1.81 bits per heavy atom. The third-order valence-electron chi connectivity index (χ3n) is 5.36. The van der Waals surface area contributed by atoms with Crippen LogP contribution < -0.4 is 14.9 Å². The van der Waals surface area contributed by atoms with Gasteiger partial charge in [0.05, 0.1) is 17.8 Å². The molecule has 0 fully saturated rings. The summed E-state index contributed by atoms with van der Waals surface area (Å²) in [7, 11) is 0. The van der Waals surface area contributed by atoms with Gasteiger partial charge in [0.25, 0.3) is 0 Å². The number of amides is 1. The van der Waals surface area contributed by atoms with Crippen LogP contribution in [0.3, 0.4) is 0 Å². The molecule has 1 amide bonds. The minimum Gasteiger partial charge on any atom is -0.503 e. The highest BCUT2D eigenvalue weighted by Crippen LogP contribution is 2.34. The van der Waals surface area contributed by atoms with Gasteiger partial charge in [-0.15, -0.1) is 0 Å². The largest absolute Gasteiger partial charge is 0.503 e. The van der Waals surface area contributed by atoms with E-state index < -0.39 is 5.91 Å². The number of hydrogen-bond acceptors (Lipinski definition) is 6. The molecule has 0 aliphatic rings. The molecule has 0 spiro atoms. The van der Waals surface area contributed by atoms with E-state index in [0.717, 1.165) is 17.1 Å². The van der Waals surface area contributed by atoms with Crippen LogP contribution in [0.5, 0.6) is 17.2 Å². The average molecular weight is 508 g/mol. The fourth-order valence-electron chi connectivity index (χ4n) is 3.65. The standard InChI is InChI=1S/C27H26ClN3O5/c1-4-34-25-14-19(13-23(28)26(25)32)15-29-30-27(33)24-12-11-22(36-24)16-35-21-9-7-20(8-10-21)31-17(2)5-6-18(31)3/h5-15,32H,4,16H2,1-3H3,(H,30,33)/b29-15+. The summed E-state index contributed by atoms with van der Waals surface area (Å²) in [5.41, 5.74) is 6.32. The number of phenolic OH excluding ortho intramolecular Hbond substituents is 1. The fraction of sp³-hybridized carbons (Fsp3) is 0.185. The number of hydrogen-bond donors (Lipinski definition) is 2. The lowest BCUT2D eigenvalue weighted by Crippen LogP contribution is -2.16. The van der Waals surface area contributed by atoms with Crippen LogP contribution in [0, 0.1) is 13.8 Å². The average Bonchev–Trinajstić information content (AvgIpc) is 3.47. The summed E-state index contributed by atoms with van der Waals surface area (Å²) < 4.78 is 18.9. The zero-order valence-electron chi connectivity index (χ0n) is 20.1. The molecule has 9 heteroatoms. The van der Waals surface area contributed by atoms with E-state index >= 15 is 0 Å². The Morgan fingerprint density at radius 3 is 2.50 bits per heavy atom. The summed E-state index contributed by atoms with van der Waals surface area (Å²) in [6.45, 7) is 6.45. The van der Waals surface area contributed by atoms with Crippen molar-refractivity contribution >= 4 is 23.7 Å². The van der Waals surface area contributed by atoms with Gasteiger partial charge in [0.2, 0.25) is 0 Å². The molecular formula is C27H26ClN3O5. The number of nitrogens with zero attached hydrogens (tertiary/aromatic N) is 2. The van der Waals surface area contributed by atoms with E-state index in [-0.39, 0.29) is 28.9 Å². The van der Waals surface area contributed by atoms with Crippen LogP contribution >= 0.6 is 11.6 Å². The van der Waals surface area contributed by atoms with Crippen molar-refractivity contribution in [2.75, 3.05) is 6.61 Å². The predicted molar refractivity (Wildman–Crippen MR) is 138 cm³/mol. The number of benzene rings is 2. The lowest BCUT2D eigenvalue weighted by molar-refractivity contribution is 0.0923. The first-order valence-electron chi connectivity index (χ1n) is 11.3.